The molecule has 1 aromatic heterocycles. The number of benzene rings is 2. The number of anilines is 1. The topological polar surface area (TPSA) is 68.3 Å². The summed E-state index contributed by atoms with van der Waals surface area (Å²) in [6.45, 7) is -0.696. The third kappa shape index (κ3) is 4.70. The van der Waals surface area contributed by atoms with E-state index < -0.39 is 35.9 Å². The molecule has 0 saturated carbocycles. The van der Waals surface area contributed by atoms with E-state index in [1.807, 2.05) is 0 Å². The van der Waals surface area contributed by atoms with E-state index in [1.165, 1.54) is 29.6 Å². The van der Waals surface area contributed by atoms with E-state index in [4.69, 9.17) is 4.74 Å². The Bertz CT molecular complexity index is 990. The van der Waals surface area contributed by atoms with Gasteiger partial charge in [-0.3, -0.25) is 4.79 Å². The summed E-state index contributed by atoms with van der Waals surface area (Å²) < 4.78 is 44.3. The highest BCUT2D eigenvalue weighted by Gasteiger charge is 2.16. The quantitative estimate of drug-likeness (QED) is 0.666. The SMILES string of the molecule is O=C(COC(=O)c1csc(-c2ccc(F)cc2)n1)Nc1cc(F)ccc1F. The van der Waals surface area contributed by atoms with Gasteiger partial charge >= 0.3 is 5.97 Å². The Morgan fingerprint density at radius 2 is 1.74 bits per heavy atom. The van der Waals surface area contributed by atoms with Crippen LogP contribution >= 0.6 is 11.3 Å². The maximum atomic E-state index is 13.5. The minimum atomic E-state index is -0.852. The molecule has 1 amide bonds. The van der Waals surface area contributed by atoms with Crippen LogP contribution in [-0.4, -0.2) is 23.5 Å². The molecule has 0 radical (unpaired) electrons. The summed E-state index contributed by atoms with van der Waals surface area (Å²) in [6, 6.07) is 8.16. The van der Waals surface area contributed by atoms with E-state index in [2.05, 4.69) is 10.3 Å². The summed E-state index contributed by atoms with van der Waals surface area (Å²) in [5.74, 6) is -3.62. The number of amides is 1. The average Bonchev–Trinajstić information content (AvgIpc) is 3.13. The minimum absolute atomic E-state index is 0.0240. The zero-order chi connectivity index (χ0) is 19.4. The number of carbonyl (C=O) groups excluding carboxylic acids is 2. The van der Waals surface area contributed by atoms with E-state index in [1.54, 1.807) is 0 Å². The van der Waals surface area contributed by atoms with Crippen molar-refractivity contribution in [1.29, 1.82) is 0 Å². The molecule has 3 aromatic rings. The standard InChI is InChI=1S/C18H11F3N2O3S/c19-11-3-1-10(2-4-11)17-23-15(9-27-17)18(25)26-8-16(24)22-14-7-12(20)5-6-13(14)21/h1-7,9H,8H2,(H,22,24). The van der Waals surface area contributed by atoms with Gasteiger partial charge in [0.15, 0.2) is 12.3 Å². The molecule has 0 spiro atoms. The molecule has 0 atom stereocenters. The third-order valence-electron chi connectivity index (χ3n) is 3.34. The van der Waals surface area contributed by atoms with Crippen LogP contribution < -0.4 is 5.32 Å². The van der Waals surface area contributed by atoms with Gasteiger partial charge in [-0.2, -0.15) is 0 Å². The lowest BCUT2D eigenvalue weighted by Crippen LogP contribution is -2.21. The summed E-state index contributed by atoms with van der Waals surface area (Å²) in [6.07, 6.45) is 0. The molecule has 27 heavy (non-hydrogen) atoms. The van der Waals surface area contributed by atoms with Crippen molar-refractivity contribution in [3.63, 3.8) is 0 Å². The molecule has 9 heteroatoms. The third-order valence-corrected chi connectivity index (χ3v) is 4.23. The van der Waals surface area contributed by atoms with Crippen LogP contribution in [0.2, 0.25) is 0 Å². The van der Waals surface area contributed by atoms with Crippen LogP contribution in [0.3, 0.4) is 0 Å². The highest BCUT2D eigenvalue weighted by Crippen LogP contribution is 2.24. The zero-order valence-corrected chi connectivity index (χ0v) is 14.4. The van der Waals surface area contributed by atoms with E-state index in [9.17, 15) is 22.8 Å². The fraction of sp³-hybridized carbons (Fsp3) is 0.0556. The molecule has 0 bridgehead atoms. The van der Waals surface area contributed by atoms with Crippen molar-refractivity contribution in [2.24, 2.45) is 0 Å². The summed E-state index contributed by atoms with van der Waals surface area (Å²) >= 11 is 1.15. The average molecular weight is 392 g/mol. The van der Waals surface area contributed by atoms with Crippen molar-refractivity contribution in [2.75, 3.05) is 11.9 Å². The van der Waals surface area contributed by atoms with Crippen LogP contribution in [0.15, 0.2) is 47.8 Å². The lowest BCUT2D eigenvalue weighted by Gasteiger charge is -2.06. The minimum Gasteiger partial charge on any atom is -0.451 e. The molecule has 0 saturated heterocycles. The Labute approximate surface area is 155 Å². The van der Waals surface area contributed by atoms with Crippen LogP contribution in [0.25, 0.3) is 10.6 Å². The van der Waals surface area contributed by atoms with Crippen LogP contribution in [0, 0.1) is 17.5 Å². The van der Waals surface area contributed by atoms with Crippen molar-refractivity contribution in [1.82, 2.24) is 4.98 Å². The molecule has 2 aromatic carbocycles. The van der Waals surface area contributed by atoms with Gasteiger partial charge < -0.3 is 10.1 Å². The van der Waals surface area contributed by atoms with Crippen LogP contribution in [-0.2, 0) is 9.53 Å². The van der Waals surface area contributed by atoms with Gasteiger partial charge in [0, 0.05) is 17.0 Å². The van der Waals surface area contributed by atoms with E-state index in [0.717, 1.165) is 29.5 Å². The number of carbonyl (C=O) groups is 2. The number of nitrogens with zero attached hydrogens (tertiary/aromatic N) is 1. The van der Waals surface area contributed by atoms with Crippen molar-refractivity contribution < 1.29 is 27.5 Å². The Hall–Kier alpha value is -3.20. The molecule has 3 rings (SSSR count). The van der Waals surface area contributed by atoms with Crippen molar-refractivity contribution in [3.05, 3.63) is 71.0 Å². The van der Waals surface area contributed by atoms with Gasteiger partial charge in [0.1, 0.15) is 22.5 Å². The lowest BCUT2D eigenvalue weighted by molar-refractivity contribution is -0.119. The Kier molecular flexibility index (Phi) is 5.51. The lowest BCUT2D eigenvalue weighted by atomic mass is 10.2. The number of rotatable bonds is 5. The largest absolute Gasteiger partial charge is 0.451 e. The Morgan fingerprint density at radius 1 is 1.04 bits per heavy atom. The number of halogens is 3. The summed E-state index contributed by atoms with van der Waals surface area (Å²) in [5.41, 5.74) is 0.243. The monoisotopic (exact) mass is 392 g/mol. The first-order valence-corrected chi connectivity index (χ1v) is 8.44. The molecule has 0 aliphatic heterocycles. The Morgan fingerprint density at radius 3 is 2.48 bits per heavy atom. The second-order valence-electron chi connectivity index (χ2n) is 5.29. The molecule has 0 unspecified atom stereocenters. The van der Waals surface area contributed by atoms with E-state index >= 15 is 0 Å². The first kappa shape index (κ1) is 18.6. The molecular formula is C18H11F3N2O3S. The number of hydrogen-bond acceptors (Lipinski definition) is 5. The molecular weight excluding hydrogens is 381 g/mol. The van der Waals surface area contributed by atoms with Gasteiger partial charge in [-0.15, -0.1) is 11.3 Å². The summed E-state index contributed by atoms with van der Waals surface area (Å²) in [4.78, 5) is 27.8. The van der Waals surface area contributed by atoms with Crippen LogP contribution in [0.4, 0.5) is 18.9 Å². The number of hydrogen-bond donors (Lipinski definition) is 1. The van der Waals surface area contributed by atoms with Crippen LogP contribution in [0.1, 0.15) is 10.5 Å². The number of esters is 1. The van der Waals surface area contributed by atoms with Gasteiger partial charge in [0.25, 0.3) is 5.91 Å². The second-order valence-corrected chi connectivity index (χ2v) is 6.15. The van der Waals surface area contributed by atoms with Gasteiger partial charge in [0.2, 0.25) is 0 Å². The van der Waals surface area contributed by atoms with Gasteiger partial charge in [0.05, 0.1) is 5.69 Å². The van der Waals surface area contributed by atoms with Crippen molar-refractivity contribution in [3.8, 4) is 10.6 Å². The molecule has 1 N–H and O–H groups in total. The zero-order valence-electron chi connectivity index (χ0n) is 13.5. The highest BCUT2D eigenvalue weighted by atomic mass is 32.1. The number of ether oxygens (including phenoxy) is 1. The van der Waals surface area contributed by atoms with E-state index in [0.29, 0.717) is 10.6 Å². The number of nitrogens with one attached hydrogen (secondary N) is 1. The fourth-order valence-electron chi connectivity index (χ4n) is 2.08. The molecule has 5 nitrogen and oxygen atoms in total. The number of aromatic nitrogens is 1. The van der Waals surface area contributed by atoms with Crippen molar-refractivity contribution in [2.45, 2.75) is 0 Å². The predicted molar refractivity (Wildman–Crippen MR) is 92.8 cm³/mol. The predicted octanol–water partition coefficient (Wildman–Crippen LogP) is 4.02. The molecule has 138 valence electrons. The number of thiazole rings is 1. The molecule has 0 aliphatic carbocycles. The molecule has 0 aliphatic rings. The first-order valence-electron chi connectivity index (χ1n) is 7.56. The van der Waals surface area contributed by atoms with Crippen molar-refractivity contribution >= 4 is 28.9 Å². The smallest absolute Gasteiger partial charge is 0.358 e. The maximum absolute atomic E-state index is 13.5. The Balaban J connectivity index is 1.58. The fourth-order valence-corrected chi connectivity index (χ4v) is 2.87. The molecule has 1 heterocycles. The van der Waals surface area contributed by atoms with E-state index in [-0.39, 0.29) is 11.4 Å². The summed E-state index contributed by atoms with van der Waals surface area (Å²) in [5, 5.41) is 4.03. The molecule has 0 fully saturated rings. The maximum Gasteiger partial charge on any atom is 0.358 e. The normalized spacial score (nSPS) is 10.5. The van der Waals surface area contributed by atoms with Gasteiger partial charge in [-0.05, 0) is 36.4 Å². The first-order chi connectivity index (χ1) is 12.9. The van der Waals surface area contributed by atoms with Gasteiger partial charge in [-0.1, -0.05) is 0 Å². The summed E-state index contributed by atoms with van der Waals surface area (Å²) in [7, 11) is 0. The highest BCUT2D eigenvalue weighted by molar-refractivity contribution is 7.13. The second kappa shape index (κ2) is 8.00. The van der Waals surface area contributed by atoms with Gasteiger partial charge in [-0.25, -0.2) is 22.9 Å². The van der Waals surface area contributed by atoms with Crippen LogP contribution in [0.5, 0.6) is 0 Å².